The fourth-order valence-electron chi connectivity index (χ4n) is 8.48. The Morgan fingerprint density at radius 2 is 0.877 bits per heavy atom. The molecule has 1 atom stereocenters. The van der Waals surface area contributed by atoms with Crippen LogP contribution in [0.15, 0.2) is 0 Å². The van der Waals surface area contributed by atoms with E-state index in [1.54, 1.807) is 0 Å². The summed E-state index contributed by atoms with van der Waals surface area (Å²) in [7, 11) is 0. The van der Waals surface area contributed by atoms with Crippen molar-refractivity contribution in [2.24, 2.45) is 5.92 Å². The maximum Gasteiger partial charge on any atom is 0.407 e. The van der Waals surface area contributed by atoms with Crippen LogP contribution in [0.25, 0.3) is 0 Å². The van der Waals surface area contributed by atoms with Gasteiger partial charge in [0.25, 0.3) is 0 Å². The Balaban J connectivity index is 4.22. The van der Waals surface area contributed by atoms with Crippen LogP contribution in [0.5, 0.6) is 0 Å². The molecule has 0 aliphatic heterocycles. The van der Waals surface area contributed by atoms with Crippen molar-refractivity contribution >= 4 is 12.0 Å². The summed E-state index contributed by atoms with van der Waals surface area (Å²) in [6.07, 6.45) is 48.6. The number of hydrogen-bond donors (Lipinski definition) is 2. The minimum atomic E-state index is -0.410. The zero-order chi connectivity index (χ0) is 47.6. The van der Waals surface area contributed by atoms with E-state index in [-0.39, 0.29) is 24.2 Å². The molecule has 0 spiro atoms. The number of unbranched alkanes of at least 4 members (excludes halogenated alkanes) is 32. The van der Waals surface area contributed by atoms with E-state index >= 15 is 0 Å². The highest BCUT2D eigenvalue weighted by Gasteiger charge is 2.18. The van der Waals surface area contributed by atoms with Crippen molar-refractivity contribution in [1.82, 2.24) is 10.6 Å². The Hall–Kier alpha value is -1.38. The van der Waals surface area contributed by atoms with Gasteiger partial charge in [-0.25, -0.2) is 4.79 Å². The molecule has 0 unspecified atom stereocenters. The molecule has 65 heavy (non-hydrogen) atoms. The van der Waals surface area contributed by atoms with Crippen LogP contribution in [0.3, 0.4) is 0 Å². The van der Waals surface area contributed by atoms with Crippen molar-refractivity contribution in [2.45, 2.75) is 304 Å². The van der Waals surface area contributed by atoms with E-state index in [9.17, 15) is 9.59 Å². The molecule has 0 aromatic rings. The van der Waals surface area contributed by atoms with E-state index < -0.39 is 6.09 Å². The van der Waals surface area contributed by atoms with Gasteiger partial charge in [-0.05, 0) is 64.7 Å². The number of carbonyl (C=O) groups is 2. The summed E-state index contributed by atoms with van der Waals surface area (Å²) in [6, 6.07) is 0. The molecule has 0 rings (SSSR count). The highest BCUT2D eigenvalue weighted by molar-refractivity contribution is 5.75. The lowest BCUT2D eigenvalue weighted by atomic mass is 10.0. The average molecular weight is 924 g/mol. The van der Waals surface area contributed by atoms with Crippen LogP contribution in [-0.4, -0.2) is 69.8 Å². The first-order chi connectivity index (χ1) is 31.7. The molecule has 8 heteroatoms. The van der Waals surface area contributed by atoms with E-state index in [4.69, 9.17) is 18.9 Å². The summed E-state index contributed by atoms with van der Waals surface area (Å²) in [5, 5.41) is 5.94. The monoisotopic (exact) mass is 923 g/mol. The van der Waals surface area contributed by atoms with Gasteiger partial charge in [-0.15, -0.1) is 0 Å². The molecule has 2 amide bonds. The molecule has 0 aliphatic rings. The largest absolute Gasteiger partial charge is 0.447 e. The zero-order valence-electron chi connectivity index (χ0n) is 44.6. The molecule has 0 aromatic heterocycles. The second kappa shape index (κ2) is 50.5. The summed E-state index contributed by atoms with van der Waals surface area (Å²) in [4.78, 5) is 24.9. The Kier molecular flexibility index (Phi) is 49.4. The lowest BCUT2D eigenvalue weighted by molar-refractivity contribution is -0.121. The lowest BCUT2D eigenvalue weighted by Gasteiger charge is -2.26. The number of alkyl carbamates (subject to hydrolysis) is 1. The number of amides is 2. The smallest absolute Gasteiger partial charge is 0.407 e. The summed E-state index contributed by atoms with van der Waals surface area (Å²) in [6.45, 7) is 17.3. The van der Waals surface area contributed by atoms with E-state index in [0.717, 1.165) is 64.6 Å². The van der Waals surface area contributed by atoms with Crippen LogP contribution in [0.2, 0.25) is 0 Å². The van der Waals surface area contributed by atoms with E-state index in [1.807, 2.05) is 0 Å². The predicted molar refractivity (Wildman–Crippen MR) is 279 cm³/mol. The van der Waals surface area contributed by atoms with Gasteiger partial charge in [-0.2, -0.15) is 0 Å². The van der Waals surface area contributed by atoms with Crippen molar-refractivity contribution in [1.29, 1.82) is 0 Å². The fourth-order valence-corrected chi connectivity index (χ4v) is 8.48. The number of rotatable bonds is 53. The summed E-state index contributed by atoms with van der Waals surface area (Å²) < 4.78 is 23.9. The molecule has 0 heterocycles. The summed E-state index contributed by atoms with van der Waals surface area (Å²) in [5.41, 5.74) is -0.161. The molecule has 0 radical (unpaired) electrons. The van der Waals surface area contributed by atoms with Gasteiger partial charge in [0.1, 0.15) is 12.7 Å². The molecule has 0 aliphatic carbocycles. The highest BCUT2D eigenvalue weighted by Crippen LogP contribution is 2.19. The van der Waals surface area contributed by atoms with Gasteiger partial charge in [0.05, 0.1) is 12.2 Å². The molecule has 388 valence electrons. The molecule has 0 saturated carbocycles. The van der Waals surface area contributed by atoms with Crippen molar-refractivity contribution in [3.8, 4) is 0 Å². The van der Waals surface area contributed by atoms with Crippen LogP contribution in [0.1, 0.15) is 292 Å². The first-order valence-electron chi connectivity index (χ1n) is 28.7. The zero-order valence-corrected chi connectivity index (χ0v) is 44.6. The van der Waals surface area contributed by atoms with Crippen molar-refractivity contribution in [3.05, 3.63) is 0 Å². The van der Waals surface area contributed by atoms with Crippen LogP contribution < -0.4 is 10.6 Å². The van der Waals surface area contributed by atoms with Crippen molar-refractivity contribution in [3.63, 3.8) is 0 Å². The van der Waals surface area contributed by atoms with E-state index in [0.29, 0.717) is 38.6 Å². The lowest BCUT2D eigenvalue weighted by Crippen LogP contribution is -2.32. The minimum Gasteiger partial charge on any atom is -0.447 e. The first kappa shape index (κ1) is 63.6. The number of nitrogens with one attached hydrogen (secondary N) is 2. The van der Waals surface area contributed by atoms with Crippen LogP contribution in [0.4, 0.5) is 4.79 Å². The molecule has 2 N–H and O–H groups in total. The minimum absolute atomic E-state index is 0.0959. The normalized spacial score (nSPS) is 12.3. The van der Waals surface area contributed by atoms with Gasteiger partial charge < -0.3 is 29.6 Å². The average Bonchev–Trinajstić information content (AvgIpc) is 3.28. The Morgan fingerprint density at radius 3 is 1.34 bits per heavy atom. The third-order valence-electron chi connectivity index (χ3n) is 13.0. The van der Waals surface area contributed by atoms with E-state index in [2.05, 4.69) is 52.2 Å². The Labute approximate surface area is 405 Å². The highest BCUT2D eigenvalue weighted by atomic mass is 16.6. The van der Waals surface area contributed by atoms with Gasteiger partial charge in [0.15, 0.2) is 0 Å². The topological polar surface area (TPSA) is 95.1 Å². The maximum absolute atomic E-state index is 12.6. The Morgan fingerprint density at radius 1 is 0.462 bits per heavy atom. The number of ether oxygens (including phenoxy) is 4. The quantitative estimate of drug-likeness (QED) is 0.0590. The SMILES string of the molecule is CCCCCCCCCCCCCCCCCCOC[C@H](COC(=O)NCCCCCC(=O)NCCCC(C)(C)OCCC(C)C)OCCCCCCCCCCCCCCCCCC. The third-order valence-corrected chi connectivity index (χ3v) is 13.0. The second-order valence-corrected chi connectivity index (χ2v) is 20.8. The molecule has 0 saturated heterocycles. The number of hydrogen-bond acceptors (Lipinski definition) is 6. The molecule has 8 nitrogen and oxygen atoms in total. The van der Waals surface area contributed by atoms with Crippen LogP contribution in [-0.2, 0) is 23.7 Å². The molecular formula is C57H114N2O6. The van der Waals surface area contributed by atoms with Crippen LogP contribution in [0, 0.1) is 5.92 Å². The van der Waals surface area contributed by atoms with Crippen LogP contribution >= 0.6 is 0 Å². The summed E-state index contributed by atoms with van der Waals surface area (Å²) in [5.74, 6) is 0.739. The van der Waals surface area contributed by atoms with Gasteiger partial charge in [-0.1, -0.05) is 227 Å². The van der Waals surface area contributed by atoms with Gasteiger partial charge in [0.2, 0.25) is 5.91 Å². The summed E-state index contributed by atoms with van der Waals surface area (Å²) >= 11 is 0. The number of carbonyl (C=O) groups excluding carboxylic acids is 2. The molecule has 0 aromatic carbocycles. The first-order valence-corrected chi connectivity index (χ1v) is 28.7. The van der Waals surface area contributed by atoms with Crippen molar-refractivity contribution in [2.75, 3.05) is 46.1 Å². The predicted octanol–water partition coefficient (Wildman–Crippen LogP) is 16.9. The molecular weight excluding hydrogens is 809 g/mol. The Bertz CT molecular complexity index is 977. The molecule has 0 bridgehead atoms. The van der Waals surface area contributed by atoms with E-state index in [1.165, 1.54) is 193 Å². The standard InChI is InChI=1S/C57H114N2O6/c1-7-9-11-13-15-17-19-21-23-25-27-29-31-33-35-40-48-62-51-54(63-49-41-36-34-32-30-28-26-24-22-20-18-16-14-12-10-8-2)52-64-56(61)59-46-39-37-38-43-55(60)58-47-42-45-57(5,6)65-50-44-53(3)4/h53-54H,7-52H2,1-6H3,(H,58,60)(H,59,61)/t54-/m1/s1. The van der Waals surface area contributed by atoms with Gasteiger partial charge in [-0.3, -0.25) is 4.79 Å². The third kappa shape index (κ3) is 51.8. The molecule has 0 fully saturated rings. The second-order valence-electron chi connectivity index (χ2n) is 20.8. The fraction of sp³-hybridized carbons (Fsp3) is 0.965. The maximum atomic E-state index is 12.6. The van der Waals surface area contributed by atoms with Gasteiger partial charge >= 0.3 is 6.09 Å². The van der Waals surface area contributed by atoms with Crippen molar-refractivity contribution < 1.29 is 28.5 Å². The van der Waals surface area contributed by atoms with Gasteiger partial charge in [0, 0.05) is 39.3 Å².